The van der Waals surface area contributed by atoms with Gasteiger partial charge in [-0.2, -0.15) is 5.10 Å². The number of hydrogen-bond donors (Lipinski definition) is 2. The fourth-order valence-electron chi connectivity index (χ4n) is 3.22. The van der Waals surface area contributed by atoms with Crippen molar-refractivity contribution in [3.63, 3.8) is 0 Å². The van der Waals surface area contributed by atoms with Gasteiger partial charge in [0.15, 0.2) is 17.3 Å². The lowest BCUT2D eigenvalue weighted by atomic mass is 10.2. The Labute approximate surface area is 201 Å². The molecule has 0 amide bonds. The van der Waals surface area contributed by atoms with Crippen LogP contribution in [0.2, 0.25) is 5.15 Å². The highest BCUT2D eigenvalue weighted by Gasteiger charge is 2.14. The highest BCUT2D eigenvalue weighted by Crippen LogP contribution is 2.30. The second-order valence-corrected chi connectivity index (χ2v) is 7.76. The van der Waals surface area contributed by atoms with Gasteiger partial charge >= 0.3 is 0 Å². The van der Waals surface area contributed by atoms with Crippen molar-refractivity contribution >= 4 is 23.8 Å². The average molecular weight is 484 g/mol. The van der Waals surface area contributed by atoms with Gasteiger partial charge in [-0.25, -0.2) is 14.8 Å². The Kier molecular flexibility index (Phi) is 7.11. The molecule has 0 fully saturated rings. The summed E-state index contributed by atoms with van der Waals surface area (Å²) in [6.07, 6.45) is 1.68. The van der Waals surface area contributed by atoms with E-state index < -0.39 is 0 Å². The van der Waals surface area contributed by atoms with E-state index in [0.29, 0.717) is 46.1 Å². The van der Waals surface area contributed by atoms with Gasteiger partial charge in [0, 0.05) is 11.8 Å². The van der Waals surface area contributed by atoms with Crippen molar-refractivity contribution in [1.82, 2.24) is 19.9 Å². The van der Waals surface area contributed by atoms with Crippen molar-refractivity contribution in [1.29, 1.82) is 0 Å². The Hall–Kier alpha value is -3.56. The van der Waals surface area contributed by atoms with E-state index in [1.165, 1.54) is 0 Å². The number of pyridine rings is 1. The van der Waals surface area contributed by atoms with Crippen molar-refractivity contribution in [3.05, 3.63) is 81.8 Å². The van der Waals surface area contributed by atoms with Crippen molar-refractivity contribution in [3.8, 4) is 28.6 Å². The molecule has 4 rings (SSSR count). The average Bonchev–Trinajstić information content (AvgIpc) is 3.22. The smallest absolute Gasteiger partial charge is 0.214 e. The van der Waals surface area contributed by atoms with Gasteiger partial charge in [0.2, 0.25) is 4.77 Å². The van der Waals surface area contributed by atoms with Crippen LogP contribution in [0, 0.1) is 4.77 Å². The maximum atomic E-state index is 5.90. The minimum absolute atomic E-state index is 0.352. The Morgan fingerprint density at radius 3 is 2.55 bits per heavy atom. The number of para-hydroxylation sites is 1. The first-order chi connectivity index (χ1) is 16.1. The topological polar surface area (TPSA) is 86.2 Å². The summed E-state index contributed by atoms with van der Waals surface area (Å²) >= 11 is 11.2. The van der Waals surface area contributed by atoms with Crippen molar-refractivity contribution < 1.29 is 14.2 Å². The Balaban J connectivity index is 1.49. The zero-order chi connectivity index (χ0) is 23.2. The van der Waals surface area contributed by atoms with Crippen molar-refractivity contribution in [2.75, 3.05) is 19.6 Å². The summed E-state index contributed by atoms with van der Waals surface area (Å²) in [5, 5.41) is 7.63. The molecule has 0 saturated heterocycles. The van der Waals surface area contributed by atoms with Crippen LogP contribution in [0.4, 0.5) is 0 Å². The Morgan fingerprint density at radius 2 is 1.79 bits per heavy atom. The highest BCUT2D eigenvalue weighted by atomic mass is 35.5. The number of rotatable bonds is 9. The molecule has 0 radical (unpaired) electrons. The zero-order valence-corrected chi connectivity index (χ0v) is 19.6. The van der Waals surface area contributed by atoms with Gasteiger partial charge < -0.3 is 19.6 Å². The van der Waals surface area contributed by atoms with Crippen LogP contribution >= 0.6 is 23.8 Å². The molecular weight excluding hydrogens is 462 g/mol. The normalized spacial score (nSPS) is 10.6. The molecule has 4 aromatic rings. The van der Waals surface area contributed by atoms with E-state index in [-0.39, 0.29) is 0 Å². The van der Waals surface area contributed by atoms with Crippen molar-refractivity contribution in [2.45, 2.75) is 13.2 Å². The molecule has 33 heavy (non-hydrogen) atoms. The summed E-state index contributed by atoms with van der Waals surface area (Å²) in [4.78, 5) is 4.06. The number of aromatic amines is 1. The van der Waals surface area contributed by atoms with E-state index in [4.69, 9.17) is 38.0 Å². The molecule has 10 heteroatoms. The molecule has 2 aromatic heterocycles. The summed E-state index contributed by atoms with van der Waals surface area (Å²) < 4.78 is 19.1. The Bertz CT molecular complexity index is 1290. The summed E-state index contributed by atoms with van der Waals surface area (Å²) in [7, 11) is 3.23. The summed E-state index contributed by atoms with van der Waals surface area (Å²) in [6, 6.07) is 17.0. The van der Waals surface area contributed by atoms with Gasteiger partial charge in [-0.05, 0) is 48.1 Å². The maximum absolute atomic E-state index is 5.90. The van der Waals surface area contributed by atoms with Gasteiger partial charge in [0.25, 0.3) is 0 Å². The van der Waals surface area contributed by atoms with E-state index >= 15 is 0 Å². The van der Waals surface area contributed by atoms with Crippen molar-refractivity contribution in [2.24, 2.45) is 0 Å². The van der Waals surface area contributed by atoms with Gasteiger partial charge in [-0.3, -0.25) is 0 Å². The van der Waals surface area contributed by atoms with Crippen LogP contribution < -0.4 is 19.6 Å². The molecule has 0 bridgehead atoms. The van der Waals surface area contributed by atoms with Gasteiger partial charge in [0.1, 0.15) is 17.5 Å². The van der Waals surface area contributed by atoms with Crippen LogP contribution in [0.3, 0.4) is 0 Å². The summed E-state index contributed by atoms with van der Waals surface area (Å²) in [6.45, 7) is 0.832. The fraction of sp³-hybridized carbons (Fsp3) is 0.174. The standard InChI is InChI=1S/C23H22ClN5O3S/c1-30-18-6-4-3-5-17(18)22-27-28-23(33)29(22)26-13-15-7-9-19(20(11-15)31-2)32-14-16-8-10-21(24)25-12-16/h3-12,26H,13-14H2,1-2H3,(H,28,33). The first kappa shape index (κ1) is 22.6. The lowest BCUT2D eigenvalue weighted by Crippen LogP contribution is -2.16. The number of H-pyrrole nitrogens is 1. The zero-order valence-electron chi connectivity index (χ0n) is 18.0. The highest BCUT2D eigenvalue weighted by molar-refractivity contribution is 7.71. The van der Waals surface area contributed by atoms with Gasteiger partial charge in [-0.1, -0.05) is 35.9 Å². The first-order valence-corrected chi connectivity index (χ1v) is 10.8. The third-order valence-corrected chi connectivity index (χ3v) is 5.37. The van der Waals surface area contributed by atoms with E-state index in [1.54, 1.807) is 31.2 Å². The fourth-order valence-corrected chi connectivity index (χ4v) is 3.53. The predicted octanol–water partition coefficient (Wildman–Crippen LogP) is 5.00. The molecule has 0 unspecified atom stereocenters. The van der Waals surface area contributed by atoms with E-state index in [0.717, 1.165) is 16.7 Å². The largest absolute Gasteiger partial charge is 0.496 e. The number of aromatic nitrogens is 4. The monoisotopic (exact) mass is 483 g/mol. The van der Waals surface area contributed by atoms with Crippen LogP contribution in [0.25, 0.3) is 11.4 Å². The molecule has 0 spiro atoms. The number of nitrogens with one attached hydrogen (secondary N) is 2. The third kappa shape index (κ3) is 5.27. The number of benzene rings is 2. The number of halogens is 1. The lowest BCUT2D eigenvalue weighted by molar-refractivity contribution is 0.284. The van der Waals surface area contributed by atoms with E-state index in [1.807, 2.05) is 48.5 Å². The molecule has 8 nitrogen and oxygen atoms in total. The number of hydrogen-bond acceptors (Lipinski definition) is 7. The Morgan fingerprint density at radius 1 is 1.00 bits per heavy atom. The molecule has 0 aliphatic rings. The minimum Gasteiger partial charge on any atom is -0.496 e. The third-order valence-electron chi connectivity index (χ3n) is 4.87. The molecule has 0 aliphatic heterocycles. The molecule has 2 N–H and O–H groups in total. The molecule has 0 atom stereocenters. The lowest BCUT2D eigenvalue weighted by Gasteiger charge is -2.14. The summed E-state index contributed by atoms with van der Waals surface area (Å²) in [5.41, 5.74) is 6.01. The van der Waals surface area contributed by atoms with Gasteiger partial charge in [0.05, 0.1) is 26.3 Å². The molecule has 2 aromatic carbocycles. The summed E-state index contributed by atoms with van der Waals surface area (Å²) in [5.74, 6) is 2.58. The van der Waals surface area contributed by atoms with Crippen LogP contribution in [0.15, 0.2) is 60.8 Å². The SMILES string of the molecule is COc1cc(CNn2c(-c3ccccc3OC)n[nH]c2=S)ccc1OCc1ccc(Cl)nc1. The molecule has 0 saturated carbocycles. The molecule has 0 aliphatic carbocycles. The minimum atomic E-state index is 0.352. The van der Waals surface area contributed by atoms with Gasteiger partial charge in [-0.15, -0.1) is 0 Å². The maximum Gasteiger partial charge on any atom is 0.214 e. The quantitative estimate of drug-likeness (QED) is 0.256. The number of ether oxygens (including phenoxy) is 3. The van der Waals surface area contributed by atoms with Crippen LogP contribution in [0.1, 0.15) is 11.1 Å². The number of methoxy groups -OCH3 is 2. The number of nitrogens with zero attached hydrogens (tertiary/aromatic N) is 3. The molecule has 2 heterocycles. The van der Waals surface area contributed by atoms with E-state index in [9.17, 15) is 0 Å². The van der Waals surface area contributed by atoms with E-state index in [2.05, 4.69) is 20.6 Å². The van der Waals surface area contributed by atoms with Crippen LogP contribution in [-0.4, -0.2) is 34.1 Å². The molecular formula is C23H22ClN5O3S. The molecule has 170 valence electrons. The van der Waals surface area contributed by atoms with Crippen LogP contribution in [0.5, 0.6) is 17.2 Å². The first-order valence-electron chi connectivity index (χ1n) is 10.0. The van der Waals surface area contributed by atoms with Crippen LogP contribution in [-0.2, 0) is 13.2 Å². The second kappa shape index (κ2) is 10.4. The predicted molar refractivity (Wildman–Crippen MR) is 129 cm³/mol. The second-order valence-electron chi connectivity index (χ2n) is 6.99.